The molecule has 198 valence electrons. The van der Waals surface area contributed by atoms with Crippen molar-refractivity contribution in [3.63, 3.8) is 0 Å². The molecule has 11 heteroatoms. The molecule has 10 nitrogen and oxygen atoms in total. The average Bonchev–Trinajstić information content (AvgIpc) is 3.45. The van der Waals surface area contributed by atoms with E-state index in [1.54, 1.807) is 41.6 Å². The predicted molar refractivity (Wildman–Crippen MR) is 134 cm³/mol. The molecule has 2 aliphatic heterocycles. The molecular weight excluding hydrogens is 495 g/mol. The second-order valence-electron chi connectivity index (χ2n) is 9.10. The minimum absolute atomic E-state index is 0.0667. The molecule has 0 aliphatic carbocycles. The van der Waals surface area contributed by atoms with Gasteiger partial charge in [0, 0.05) is 50.1 Å². The summed E-state index contributed by atoms with van der Waals surface area (Å²) in [4.78, 5) is 43.2. The minimum Gasteiger partial charge on any atom is -0.493 e. The summed E-state index contributed by atoms with van der Waals surface area (Å²) in [5.74, 6) is -0.717. The molecule has 3 heterocycles. The number of carbonyl (C=O) groups excluding carboxylic acids is 3. The van der Waals surface area contributed by atoms with Crippen LogP contribution in [0.3, 0.4) is 0 Å². The zero-order valence-electron chi connectivity index (χ0n) is 20.7. The standard InChI is InChI=1S/C27H27FN4O6/c1-36-23-3-2-17-10-24(23)37-15-25(33)30-12-16-8-19(28)11-20(9-16)38-22-5-7-32(14-21(22)31-26(17)34)27(35)18-4-6-29-13-18/h2-4,6,8-11,13,21-22,29H,5,7,12,14-15H2,1H3,(H,30,33)(H,31,34)/t21-,22+/m0/s1. The van der Waals surface area contributed by atoms with Gasteiger partial charge in [0.25, 0.3) is 17.7 Å². The molecule has 4 bridgehead atoms. The molecule has 3 amide bonds. The van der Waals surface area contributed by atoms with E-state index in [-0.39, 0.29) is 42.7 Å². The van der Waals surface area contributed by atoms with Crippen LogP contribution >= 0.6 is 0 Å². The van der Waals surface area contributed by atoms with Gasteiger partial charge in [-0.25, -0.2) is 4.39 Å². The van der Waals surface area contributed by atoms with Crippen LogP contribution in [-0.4, -0.2) is 66.6 Å². The first kappa shape index (κ1) is 25.1. The van der Waals surface area contributed by atoms with Crippen molar-refractivity contribution in [3.05, 3.63) is 77.4 Å². The number of hydrogen-bond acceptors (Lipinski definition) is 6. The number of carbonyl (C=O) groups is 3. The van der Waals surface area contributed by atoms with Crippen LogP contribution in [0.25, 0.3) is 0 Å². The van der Waals surface area contributed by atoms with E-state index in [9.17, 15) is 18.8 Å². The molecular formula is C27H27FN4O6. The van der Waals surface area contributed by atoms with Gasteiger partial charge >= 0.3 is 0 Å². The Labute approximate surface area is 218 Å². The van der Waals surface area contributed by atoms with E-state index in [2.05, 4.69) is 15.6 Å². The highest BCUT2D eigenvalue weighted by molar-refractivity contribution is 5.96. The summed E-state index contributed by atoms with van der Waals surface area (Å²) in [6.07, 6.45) is 3.15. The molecule has 38 heavy (non-hydrogen) atoms. The number of benzene rings is 2. The lowest BCUT2D eigenvalue weighted by molar-refractivity contribution is -0.123. The lowest BCUT2D eigenvalue weighted by atomic mass is 10.00. The van der Waals surface area contributed by atoms with E-state index in [1.165, 1.54) is 25.3 Å². The van der Waals surface area contributed by atoms with Crippen molar-refractivity contribution in [3.8, 4) is 17.2 Å². The van der Waals surface area contributed by atoms with Gasteiger partial charge in [-0.3, -0.25) is 14.4 Å². The molecule has 0 unspecified atom stereocenters. The van der Waals surface area contributed by atoms with Crippen molar-refractivity contribution in [1.29, 1.82) is 0 Å². The van der Waals surface area contributed by atoms with Gasteiger partial charge in [-0.05, 0) is 42.0 Å². The molecule has 1 fully saturated rings. The highest BCUT2D eigenvalue weighted by atomic mass is 19.1. The molecule has 2 aliphatic rings. The Kier molecular flexibility index (Phi) is 7.16. The Morgan fingerprint density at radius 1 is 1.16 bits per heavy atom. The van der Waals surface area contributed by atoms with Gasteiger partial charge in [0.1, 0.15) is 17.7 Å². The maximum absolute atomic E-state index is 14.4. The molecule has 1 aromatic heterocycles. The first-order valence-electron chi connectivity index (χ1n) is 12.2. The summed E-state index contributed by atoms with van der Waals surface area (Å²) in [5, 5.41) is 5.66. The van der Waals surface area contributed by atoms with Gasteiger partial charge in [0.2, 0.25) is 0 Å². The van der Waals surface area contributed by atoms with Crippen LogP contribution in [0.5, 0.6) is 17.2 Å². The molecule has 3 aromatic rings. The van der Waals surface area contributed by atoms with Crippen molar-refractivity contribution in [2.45, 2.75) is 25.1 Å². The van der Waals surface area contributed by atoms with E-state index in [4.69, 9.17) is 14.2 Å². The predicted octanol–water partition coefficient (Wildman–Crippen LogP) is 2.26. The maximum Gasteiger partial charge on any atom is 0.258 e. The average molecular weight is 523 g/mol. The quantitative estimate of drug-likeness (QED) is 0.475. The summed E-state index contributed by atoms with van der Waals surface area (Å²) in [6, 6.07) is 9.94. The normalized spacial score (nSPS) is 19.8. The molecule has 2 aromatic carbocycles. The third kappa shape index (κ3) is 5.56. The van der Waals surface area contributed by atoms with Gasteiger partial charge < -0.3 is 34.7 Å². The van der Waals surface area contributed by atoms with Gasteiger partial charge in [-0.2, -0.15) is 0 Å². The fraction of sp³-hybridized carbons (Fsp3) is 0.296. The second-order valence-corrected chi connectivity index (χ2v) is 9.10. The summed E-state index contributed by atoms with van der Waals surface area (Å²) < 4.78 is 31.5. The number of hydrogen-bond donors (Lipinski definition) is 3. The zero-order valence-corrected chi connectivity index (χ0v) is 20.7. The molecule has 2 atom stereocenters. The van der Waals surface area contributed by atoms with E-state index in [0.29, 0.717) is 29.8 Å². The fourth-order valence-electron chi connectivity index (χ4n) is 4.58. The number of likely N-dealkylation sites (tertiary alicyclic amines) is 1. The molecule has 0 radical (unpaired) electrons. The number of aromatic amines is 1. The monoisotopic (exact) mass is 522 g/mol. The van der Waals surface area contributed by atoms with Gasteiger partial charge in [0.05, 0.1) is 18.7 Å². The van der Waals surface area contributed by atoms with Crippen LogP contribution in [0.15, 0.2) is 54.9 Å². The third-order valence-corrected chi connectivity index (χ3v) is 6.49. The van der Waals surface area contributed by atoms with E-state index < -0.39 is 29.8 Å². The third-order valence-electron chi connectivity index (χ3n) is 6.49. The van der Waals surface area contributed by atoms with Crippen molar-refractivity contribution in [2.75, 3.05) is 26.8 Å². The highest BCUT2D eigenvalue weighted by Crippen LogP contribution is 2.29. The summed E-state index contributed by atoms with van der Waals surface area (Å²) in [7, 11) is 1.45. The number of nitrogens with one attached hydrogen (secondary N) is 3. The van der Waals surface area contributed by atoms with Gasteiger partial charge in [-0.1, -0.05) is 0 Å². The number of aromatic nitrogens is 1. The summed E-state index contributed by atoms with van der Waals surface area (Å²) >= 11 is 0. The Hall–Kier alpha value is -4.54. The van der Waals surface area contributed by atoms with Gasteiger partial charge in [0.15, 0.2) is 18.1 Å². The fourth-order valence-corrected chi connectivity index (χ4v) is 4.58. The van der Waals surface area contributed by atoms with Crippen LogP contribution in [0.4, 0.5) is 4.39 Å². The first-order valence-corrected chi connectivity index (χ1v) is 12.2. The summed E-state index contributed by atoms with van der Waals surface area (Å²) in [6.45, 7) is 0.316. The Morgan fingerprint density at radius 2 is 2.03 bits per heavy atom. The Bertz CT molecular complexity index is 1350. The van der Waals surface area contributed by atoms with Crippen LogP contribution < -0.4 is 24.8 Å². The zero-order chi connectivity index (χ0) is 26.6. The van der Waals surface area contributed by atoms with Crippen LogP contribution in [0.1, 0.15) is 32.7 Å². The van der Waals surface area contributed by atoms with Crippen molar-refractivity contribution in [2.24, 2.45) is 0 Å². The van der Waals surface area contributed by atoms with Crippen LogP contribution in [0, 0.1) is 5.82 Å². The minimum atomic E-state index is -0.593. The topological polar surface area (TPSA) is 122 Å². The Morgan fingerprint density at radius 3 is 2.82 bits per heavy atom. The number of halogens is 1. The first-order chi connectivity index (χ1) is 18.4. The van der Waals surface area contributed by atoms with E-state index in [0.717, 1.165) is 0 Å². The van der Waals surface area contributed by atoms with Crippen molar-refractivity contribution in [1.82, 2.24) is 20.5 Å². The number of ether oxygens (including phenoxy) is 3. The molecule has 0 saturated carbocycles. The molecule has 5 rings (SSSR count). The highest BCUT2D eigenvalue weighted by Gasteiger charge is 2.35. The molecule has 3 N–H and O–H groups in total. The number of piperidine rings is 1. The Balaban J connectivity index is 1.47. The van der Waals surface area contributed by atoms with E-state index >= 15 is 0 Å². The summed E-state index contributed by atoms with van der Waals surface area (Å²) in [5.41, 5.74) is 1.28. The largest absolute Gasteiger partial charge is 0.493 e. The lowest BCUT2D eigenvalue weighted by Crippen LogP contribution is -2.58. The van der Waals surface area contributed by atoms with Crippen LogP contribution in [-0.2, 0) is 11.3 Å². The van der Waals surface area contributed by atoms with Crippen LogP contribution in [0.2, 0.25) is 0 Å². The maximum atomic E-state index is 14.4. The number of methoxy groups -OCH3 is 1. The SMILES string of the molecule is COc1ccc2cc1OCC(=O)NCc1cc(F)cc(c1)O[C@@H]1CCN(C(=O)c3cc[nH]c3)C[C@@H]1NC2=O. The van der Waals surface area contributed by atoms with Crippen molar-refractivity contribution < 1.29 is 33.0 Å². The second kappa shape index (κ2) is 10.8. The molecule has 1 saturated heterocycles. The van der Waals surface area contributed by atoms with E-state index in [1.807, 2.05) is 0 Å². The number of amides is 3. The molecule has 0 spiro atoms. The van der Waals surface area contributed by atoms with Gasteiger partial charge in [-0.15, -0.1) is 0 Å². The lowest BCUT2D eigenvalue weighted by Gasteiger charge is -2.38. The number of nitrogens with zero attached hydrogens (tertiary/aromatic N) is 1. The van der Waals surface area contributed by atoms with Crippen molar-refractivity contribution >= 4 is 17.7 Å². The smallest absolute Gasteiger partial charge is 0.258 e. The number of H-pyrrole nitrogens is 1. The number of rotatable bonds is 2. The number of fused-ring (bicyclic) bond motifs is 5.